The molecule has 2 amide bonds. The lowest BCUT2D eigenvalue weighted by atomic mass is 9.94. The van der Waals surface area contributed by atoms with Gasteiger partial charge < -0.3 is 24.9 Å². The van der Waals surface area contributed by atoms with E-state index in [1.807, 2.05) is 68.4 Å². The van der Waals surface area contributed by atoms with E-state index in [1.165, 1.54) is 0 Å². The Balaban J connectivity index is 1.04. The summed E-state index contributed by atoms with van der Waals surface area (Å²) < 4.78 is 5.42. The zero-order valence-electron chi connectivity index (χ0n) is 30.5. The highest BCUT2D eigenvalue weighted by atomic mass is 16.5. The summed E-state index contributed by atoms with van der Waals surface area (Å²) in [5, 5.41) is 4.88. The Morgan fingerprint density at radius 2 is 1.48 bits per heavy atom. The molecule has 1 aliphatic heterocycles. The third-order valence-electron chi connectivity index (χ3n) is 9.80. The number of nitrogens with one attached hydrogen (secondary N) is 3. The van der Waals surface area contributed by atoms with Crippen molar-refractivity contribution in [2.24, 2.45) is 11.3 Å². The summed E-state index contributed by atoms with van der Waals surface area (Å²) >= 11 is 0. The van der Waals surface area contributed by atoms with Crippen molar-refractivity contribution in [3.63, 3.8) is 0 Å². The van der Waals surface area contributed by atoms with E-state index in [2.05, 4.69) is 87.6 Å². The van der Waals surface area contributed by atoms with Crippen molar-refractivity contribution >= 4 is 22.6 Å². The second kappa shape index (κ2) is 14.1. The van der Waals surface area contributed by atoms with Gasteiger partial charge in [-0.2, -0.15) is 0 Å². The van der Waals surface area contributed by atoms with Crippen LogP contribution < -0.4 is 10.1 Å². The van der Waals surface area contributed by atoms with Gasteiger partial charge in [-0.25, -0.2) is 15.0 Å². The molecule has 266 valence electrons. The number of amides is 2. The Hall–Kier alpha value is -5.77. The maximum absolute atomic E-state index is 13.9. The molecule has 0 bridgehead atoms. The molecule has 7 rings (SSSR count). The maximum atomic E-state index is 13.9. The number of hydrogen-bond acceptors (Lipinski definition) is 6. The van der Waals surface area contributed by atoms with Crippen LogP contribution in [0.15, 0.2) is 91.3 Å². The molecule has 4 heterocycles. The highest BCUT2D eigenvalue weighted by Crippen LogP contribution is 2.35. The van der Waals surface area contributed by atoms with Gasteiger partial charge in [-0.05, 0) is 46.4 Å². The fourth-order valence-corrected chi connectivity index (χ4v) is 6.76. The molecule has 1 aliphatic rings. The van der Waals surface area contributed by atoms with E-state index < -0.39 is 5.41 Å². The summed E-state index contributed by atoms with van der Waals surface area (Å²) in [6.45, 7) is 10.5. The Morgan fingerprint density at radius 1 is 0.865 bits per heavy atom. The average molecular weight is 696 g/mol. The van der Waals surface area contributed by atoms with Crippen molar-refractivity contribution in [2.45, 2.75) is 59.5 Å². The van der Waals surface area contributed by atoms with Crippen LogP contribution in [0.25, 0.3) is 44.4 Å². The Labute approximate surface area is 304 Å². The molecule has 3 aromatic heterocycles. The molecule has 1 fully saturated rings. The first-order valence-corrected chi connectivity index (χ1v) is 17.9. The van der Waals surface area contributed by atoms with E-state index in [-0.39, 0.29) is 29.8 Å². The van der Waals surface area contributed by atoms with Gasteiger partial charge >= 0.3 is 0 Å². The molecule has 1 unspecified atom stereocenters. The van der Waals surface area contributed by atoms with E-state index in [0.717, 1.165) is 68.9 Å². The molecule has 2 atom stereocenters. The van der Waals surface area contributed by atoms with Crippen LogP contribution in [0.2, 0.25) is 0 Å². The van der Waals surface area contributed by atoms with Gasteiger partial charge in [-0.1, -0.05) is 107 Å². The normalized spacial score (nSPS) is 15.3. The van der Waals surface area contributed by atoms with Crippen LogP contribution in [0.3, 0.4) is 0 Å². The van der Waals surface area contributed by atoms with Crippen LogP contribution >= 0.6 is 0 Å². The van der Waals surface area contributed by atoms with Crippen molar-refractivity contribution in [1.82, 2.24) is 35.1 Å². The number of methoxy groups -OCH3 is 1. The fourth-order valence-electron chi connectivity index (χ4n) is 6.76. The standard InChI is InChI=1S/C42H45N7O3/c1-25(2)36(48-41(51)42(3,4)5)39-44-24-33(46-39)29-19-15-27(16-20-29)26-13-17-28(18-14-26)32-23-43-38(45-32)34-12-9-21-49(34)40(50)37-31-11-8-7-10-30(31)22-35(47-37)52-6/h7-8,10-11,13-20,22-25,34,36H,9,12,21H2,1-6H3,(H,43,45)(H,44,46)(H,48,51)/t34-,36?/m0/s1. The number of carbonyl (C=O) groups excluding carboxylic acids is 2. The maximum Gasteiger partial charge on any atom is 0.273 e. The Kier molecular flexibility index (Phi) is 9.40. The Morgan fingerprint density at radius 3 is 2.12 bits per heavy atom. The average Bonchev–Trinajstić information content (AvgIpc) is 3.94. The molecule has 0 radical (unpaired) electrons. The number of aromatic nitrogens is 5. The quantitative estimate of drug-likeness (QED) is 0.139. The van der Waals surface area contributed by atoms with Gasteiger partial charge in [0.15, 0.2) is 0 Å². The van der Waals surface area contributed by atoms with Gasteiger partial charge in [-0.3, -0.25) is 9.59 Å². The zero-order valence-corrected chi connectivity index (χ0v) is 30.5. The molecule has 6 aromatic rings. The topological polar surface area (TPSA) is 129 Å². The van der Waals surface area contributed by atoms with Crippen LogP contribution in [-0.4, -0.2) is 55.3 Å². The fraction of sp³-hybridized carbons (Fsp3) is 0.310. The van der Waals surface area contributed by atoms with Gasteiger partial charge in [0.25, 0.3) is 5.91 Å². The van der Waals surface area contributed by atoms with Crippen molar-refractivity contribution in [3.8, 4) is 39.5 Å². The minimum absolute atomic E-state index is 0.00312. The molecule has 0 spiro atoms. The number of rotatable bonds is 9. The number of imidazole rings is 2. The second-order valence-electron chi connectivity index (χ2n) is 14.9. The molecule has 3 N–H and O–H groups in total. The monoisotopic (exact) mass is 695 g/mol. The minimum atomic E-state index is -0.482. The van der Waals surface area contributed by atoms with Crippen molar-refractivity contribution in [2.75, 3.05) is 13.7 Å². The highest BCUT2D eigenvalue weighted by molar-refractivity contribution is 6.05. The smallest absolute Gasteiger partial charge is 0.273 e. The molecule has 0 saturated carbocycles. The molecule has 52 heavy (non-hydrogen) atoms. The molecular formula is C42H45N7O3. The summed E-state index contributed by atoms with van der Waals surface area (Å²) in [6, 6.07) is 26.0. The molecule has 1 saturated heterocycles. The van der Waals surface area contributed by atoms with Gasteiger partial charge in [0.1, 0.15) is 17.3 Å². The van der Waals surface area contributed by atoms with E-state index in [0.29, 0.717) is 18.1 Å². The first kappa shape index (κ1) is 34.7. The lowest BCUT2D eigenvalue weighted by Gasteiger charge is -2.25. The number of ether oxygens (including phenoxy) is 1. The predicted octanol–water partition coefficient (Wildman–Crippen LogP) is 8.53. The highest BCUT2D eigenvalue weighted by Gasteiger charge is 2.34. The zero-order chi connectivity index (χ0) is 36.6. The number of likely N-dealkylation sites (tertiary alicyclic amines) is 1. The van der Waals surface area contributed by atoms with Gasteiger partial charge in [0, 0.05) is 23.4 Å². The first-order valence-electron chi connectivity index (χ1n) is 17.9. The third-order valence-corrected chi connectivity index (χ3v) is 9.80. The Bertz CT molecular complexity index is 2210. The number of pyridine rings is 1. The van der Waals surface area contributed by atoms with Gasteiger partial charge in [0.05, 0.1) is 43.0 Å². The van der Waals surface area contributed by atoms with Crippen molar-refractivity contribution < 1.29 is 14.3 Å². The van der Waals surface area contributed by atoms with Crippen LogP contribution in [0.5, 0.6) is 5.88 Å². The number of aromatic amines is 2. The van der Waals surface area contributed by atoms with E-state index in [1.54, 1.807) is 7.11 Å². The molecule has 10 heteroatoms. The molecule has 3 aromatic carbocycles. The number of hydrogen-bond donors (Lipinski definition) is 3. The third kappa shape index (κ3) is 6.93. The van der Waals surface area contributed by atoms with Gasteiger partial charge in [0.2, 0.25) is 11.8 Å². The number of carbonyl (C=O) groups is 2. The van der Waals surface area contributed by atoms with E-state index in [9.17, 15) is 9.59 Å². The van der Waals surface area contributed by atoms with E-state index >= 15 is 0 Å². The van der Waals surface area contributed by atoms with Crippen LogP contribution in [0.1, 0.15) is 81.7 Å². The van der Waals surface area contributed by atoms with Crippen molar-refractivity contribution in [1.29, 1.82) is 0 Å². The van der Waals surface area contributed by atoms with Crippen LogP contribution in [0.4, 0.5) is 0 Å². The van der Waals surface area contributed by atoms with Crippen LogP contribution in [-0.2, 0) is 4.79 Å². The largest absolute Gasteiger partial charge is 0.481 e. The predicted molar refractivity (Wildman–Crippen MR) is 204 cm³/mol. The van der Waals surface area contributed by atoms with Crippen molar-refractivity contribution in [3.05, 3.63) is 109 Å². The number of H-pyrrole nitrogens is 2. The second-order valence-corrected chi connectivity index (χ2v) is 14.9. The lowest BCUT2D eigenvalue weighted by molar-refractivity contribution is -0.129. The minimum Gasteiger partial charge on any atom is -0.481 e. The van der Waals surface area contributed by atoms with Gasteiger partial charge in [-0.15, -0.1) is 0 Å². The summed E-state index contributed by atoms with van der Waals surface area (Å²) in [5.41, 5.74) is 5.93. The van der Waals surface area contributed by atoms with E-state index in [4.69, 9.17) is 9.72 Å². The summed E-state index contributed by atoms with van der Waals surface area (Å²) in [6.07, 6.45) is 5.38. The summed E-state index contributed by atoms with van der Waals surface area (Å²) in [4.78, 5) is 49.4. The number of fused-ring (bicyclic) bond motifs is 1. The lowest BCUT2D eigenvalue weighted by Crippen LogP contribution is -2.39. The SMILES string of the molecule is COc1cc2ccccc2c(C(=O)N2CCC[C@H]2c2ncc(-c3ccc(-c4ccc(-c5cnc(C(NC(=O)C(C)(C)C)C(C)C)[nH]5)cc4)cc3)[nH]2)n1. The molecule has 10 nitrogen and oxygen atoms in total. The number of nitrogens with zero attached hydrogens (tertiary/aromatic N) is 4. The molecular weight excluding hydrogens is 651 g/mol. The first-order chi connectivity index (χ1) is 25.0. The van der Waals surface area contributed by atoms with Crippen LogP contribution in [0, 0.1) is 11.3 Å². The summed E-state index contributed by atoms with van der Waals surface area (Å²) in [5.74, 6) is 1.99. The summed E-state index contributed by atoms with van der Waals surface area (Å²) in [7, 11) is 1.57. The number of benzene rings is 3. The molecule has 0 aliphatic carbocycles.